The fraction of sp³-hybridized carbons (Fsp3) is 0.310. The highest BCUT2D eigenvalue weighted by molar-refractivity contribution is 5.78. The van der Waals surface area contributed by atoms with Gasteiger partial charge in [-0.1, -0.05) is 60.7 Å². The van der Waals surface area contributed by atoms with Gasteiger partial charge in [0.2, 0.25) is 17.2 Å². The van der Waals surface area contributed by atoms with E-state index in [0.717, 1.165) is 11.1 Å². The van der Waals surface area contributed by atoms with E-state index < -0.39 is 12.0 Å². The number of carbonyl (C=O) groups is 1. The molecule has 10 heteroatoms. The molecule has 206 valence electrons. The Labute approximate surface area is 227 Å². The van der Waals surface area contributed by atoms with Crippen LogP contribution in [0.4, 0.5) is 0 Å². The lowest BCUT2D eigenvalue weighted by atomic mass is 10.00. The predicted octanol–water partition coefficient (Wildman–Crippen LogP) is 4.22. The molecular formula is C29H32N2O8. The molecule has 0 amide bonds. The number of hydroxylamine groups is 1. The van der Waals surface area contributed by atoms with Crippen LogP contribution in [-0.2, 0) is 14.3 Å². The van der Waals surface area contributed by atoms with Gasteiger partial charge in [-0.2, -0.15) is 5.26 Å². The van der Waals surface area contributed by atoms with E-state index in [4.69, 9.17) is 33.3 Å². The van der Waals surface area contributed by atoms with Gasteiger partial charge < -0.3 is 33.3 Å². The average molecular weight is 537 g/mol. The third-order valence-electron chi connectivity index (χ3n) is 5.45. The van der Waals surface area contributed by atoms with Gasteiger partial charge in [-0.05, 0) is 11.1 Å². The molecule has 0 unspecified atom stereocenters. The summed E-state index contributed by atoms with van der Waals surface area (Å²) in [5.41, 5.74) is 4.87. The van der Waals surface area contributed by atoms with Crippen molar-refractivity contribution in [1.82, 2.24) is 5.48 Å². The van der Waals surface area contributed by atoms with Gasteiger partial charge in [-0.25, -0.2) is 0 Å². The van der Waals surface area contributed by atoms with Crippen LogP contribution < -0.4 is 29.3 Å². The number of methoxy groups -OCH3 is 3. The first-order valence-corrected chi connectivity index (χ1v) is 12.2. The van der Waals surface area contributed by atoms with E-state index in [2.05, 4.69) is 11.5 Å². The summed E-state index contributed by atoms with van der Waals surface area (Å²) in [6, 6.07) is 21.0. The Morgan fingerprint density at radius 1 is 0.769 bits per heavy atom. The van der Waals surface area contributed by atoms with E-state index in [0.29, 0.717) is 0 Å². The molecule has 10 nitrogen and oxygen atoms in total. The summed E-state index contributed by atoms with van der Waals surface area (Å²) in [6.45, 7) is 1.90. The monoisotopic (exact) mass is 536 g/mol. The zero-order valence-electron chi connectivity index (χ0n) is 22.4. The first-order valence-electron chi connectivity index (χ1n) is 12.2. The average Bonchev–Trinajstić information content (AvgIpc) is 2.95. The van der Waals surface area contributed by atoms with Crippen LogP contribution in [0.5, 0.6) is 28.7 Å². The van der Waals surface area contributed by atoms with Crippen molar-refractivity contribution in [2.45, 2.75) is 13.0 Å². The summed E-state index contributed by atoms with van der Waals surface area (Å²) < 4.78 is 33.2. The number of carbonyl (C=O) groups excluding carboxylic acids is 1. The number of benzene rings is 3. The molecule has 0 aromatic heterocycles. The molecule has 0 spiro atoms. The molecule has 0 atom stereocenters. The molecule has 0 heterocycles. The second-order valence-corrected chi connectivity index (χ2v) is 8.09. The van der Waals surface area contributed by atoms with Crippen molar-refractivity contribution in [2.24, 2.45) is 0 Å². The van der Waals surface area contributed by atoms with Gasteiger partial charge in [-0.3, -0.25) is 4.79 Å². The van der Waals surface area contributed by atoms with Crippen molar-refractivity contribution in [2.75, 3.05) is 47.8 Å². The number of hydrogen-bond acceptors (Lipinski definition) is 10. The molecule has 39 heavy (non-hydrogen) atoms. The number of esters is 1. The summed E-state index contributed by atoms with van der Waals surface area (Å²) >= 11 is 0. The van der Waals surface area contributed by atoms with Gasteiger partial charge in [0.25, 0.3) is 0 Å². The highest BCUT2D eigenvalue weighted by atomic mass is 16.7. The summed E-state index contributed by atoms with van der Waals surface area (Å²) in [7, 11) is 4.41. The van der Waals surface area contributed by atoms with Crippen LogP contribution in [0, 0.1) is 11.3 Å². The molecule has 0 aliphatic rings. The van der Waals surface area contributed by atoms with Crippen LogP contribution in [0.25, 0.3) is 0 Å². The fourth-order valence-corrected chi connectivity index (χ4v) is 3.73. The number of nitrogens with zero attached hydrogens (tertiary/aromatic N) is 1. The van der Waals surface area contributed by atoms with Crippen molar-refractivity contribution >= 4 is 5.97 Å². The number of hydrogen-bond donors (Lipinski definition) is 1. The molecule has 0 radical (unpaired) electrons. The Kier molecular flexibility index (Phi) is 11.4. The minimum Gasteiger partial charge on any atom is -0.491 e. The molecule has 0 saturated carbocycles. The normalized spacial score (nSPS) is 10.6. The molecule has 0 aliphatic carbocycles. The smallest absolute Gasteiger partial charge is 0.308 e. The van der Waals surface area contributed by atoms with Crippen LogP contribution in [0.15, 0.2) is 60.7 Å². The van der Waals surface area contributed by atoms with Crippen molar-refractivity contribution in [3.63, 3.8) is 0 Å². The largest absolute Gasteiger partial charge is 0.491 e. The number of nitriles is 1. The molecule has 3 aromatic carbocycles. The van der Waals surface area contributed by atoms with Crippen LogP contribution in [0.2, 0.25) is 0 Å². The first kappa shape index (κ1) is 29.3. The lowest BCUT2D eigenvalue weighted by molar-refractivity contribution is -0.132. The second-order valence-electron chi connectivity index (χ2n) is 8.09. The van der Waals surface area contributed by atoms with E-state index in [-0.39, 0.29) is 60.7 Å². The molecule has 1 N–H and O–H groups in total. The topological polar surface area (TPSA) is 118 Å². The fourth-order valence-electron chi connectivity index (χ4n) is 3.73. The van der Waals surface area contributed by atoms with E-state index in [1.54, 1.807) is 0 Å². The molecule has 0 aliphatic heterocycles. The van der Waals surface area contributed by atoms with Gasteiger partial charge in [0, 0.05) is 21.1 Å². The Hall–Kier alpha value is -4.30. The van der Waals surface area contributed by atoms with Gasteiger partial charge in [0.05, 0.1) is 26.4 Å². The van der Waals surface area contributed by atoms with Crippen LogP contribution in [0.3, 0.4) is 0 Å². The molecule has 0 bridgehead atoms. The third kappa shape index (κ3) is 7.61. The summed E-state index contributed by atoms with van der Waals surface area (Å²) in [5, 5.41) is 10.0. The van der Waals surface area contributed by atoms with Gasteiger partial charge in [-0.15, -0.1) is 5.48 Å². The van der Waals surface area contributed by atoms with E-state index in [9.17, 15) is 10.1 Å². The van der Waals surface area contributed by atoms with E-state index in [1.165, 1.54) is 28.3 Å². The molecular weight excluding hydrogens is 504 g/mol. The van der Waals surface area contributed by atoms with Gasteiger partial charge in [0.15, 0.2) is 11.5 Å². The van der Waals surface area contributed by atoms with Crippen LogP contribution in [0.1, 0.15) is 29.7 Å². The van der Waals surface area contributed by atoms with Crippen molar-refractivity contribution < 1.29 is 38.1 Å². The quantitative estimate of drug-likeness (QED) is 0.131. The number of nitrogens with one attached hydrogen (secondary N) is 1. The Morgan fingerprint density at radius 3 is 1.77 bits per heavy atom. The summed E-state index contributed by atoms with van der Waals surface area (Å²) in [6.07, 6.45) is 0. The highest BCUT2D eigenvalue weighted by Crippen LogP contribution is 2.53. The Bertz CT molecular complexity index is 1210. The van der Waals surface area contributed by atoms with Crippen molar-refractivity contribution in [3.8, 4) is 34.8 Å². The van der Waals surface area contributed by atoms with Crippen molar-refractivity contribution in [1.29, 1.82) is 5.26 Å². The maximum Gasteiger partial charge on any atom is 0.308 e. The van der Waals surface area contributed by atoms with E-state index in [1.807, 2.05) is 60.7 Å². The SMILES string of the molecule is COCCOc1c(C#N)c(OC)c(OC(C)=O)c(ONC(c2ccccc2)c2ccccc2)c1OCCOC. The minimum atomic E-state index is -0.652. The zero-order chi connectivity index (χ0) is 28.0. The molecule has 3 aromatic rings. The van der Waals surface area contributed by atoms with Crippen LogP contribution >= 0.6 is 0 Å². The lowest BCUT2D eigenvalue weighted by Crippen LogP contribution is -2.27. The maximum atomic E-state index is 12.1. The zero-order valence-corrected chi connectivity index (χ0v) is 22.4. The maximum absolute atomic E-state index is 12.1. The summed E-state index contributed by atoms with van der Waals surface area (Å²) in [5.74, 6) is -0.801. The third-order valence-corrected chi connectivity index (χ3v) is 5.45. The second kappa shape index (κ2) is 15.2. The molecule has 3 rings (SSSR count). The number of rotatable bonds is 15. The first-order chi connectivity index (χ1) is 19.0. The van der Waals surface area contributed by atoms with Crippen LogP contribution in [-0.4, -0.2) is 53.7 Å². The van der Waals surface area contributed by atoms with E-state index >= 15 is 0 Å². The van der Waals surface area contributed by atoms with Gasteiger partial charge >= 0.3 is 5.97 Å². The summed E-state index contributed by atoms with van der Waals surface area (Å²) in [4.78, 5) is 18.3. The highest BCUT2D eigenvalue weighted by Gasteiger charge is 2.32. The standard InChI is InChI=1S/C29H32N2O8/c1-20(32)38-28-25(35-4)23(19-30)26(36-17-15-33-2)27(37-18-16-34-3)29(28)39-31-24(21-11-7-5-8-12-21)22-13-9-6-10-14-22/h5-14,24,31H,15-18H2,1-4H3. The molecule has 0 saturated heterocycles. The predicted molar refractivity (Wildman–Crippen MR) is 142 cm³/mol. The lowest BCUT2D eigenvalue weighted by Gasteiger charge is -2.25. The Morgan fingerprint density at radius 2 is 1.31 bits per heavy atom. The number of ether oxygens (including phenoxy) is 6. The molecule has 0 fully saturated rings. The Balaban J connectivity index is 2.18. The van der Waals surface area contributed by atoms with Gasteiger partial charge in [0.1, 0.15) is 24.8 Å². The van der Waals surface area contributed by atoms with Crippen molar-refractivity contribution in [3.05, 3.63) is 77.4 Å². The minimum absolute atomic E-state index is 0.0316.